The molecule has 2 amide bonds. The summed E-state index contributed by atoms with van der Waals surface area (Å²) >= 11 is 0. The van der Waals surface area contributed by atoms with Crippen LogP contribution < -0.4 is 5.32 Å². The first-order valence-electron chi connectivity index (χ1n) is 7.81. The molecule has 0 bridgehead atoms. The number of hydrogen-bond acceptors (Lipinski definition) is 3. The average Bonchev–Trinajstić information content (AvgIpc) is 2.71. The molecule has 120 valence electrons. The van der Waals surface area contributed by atoms with Crippen LogP contribution >= 0.6 is 0 Å². The molecule has 2 N–H and O–H groups in total. The van der Waals surface area contributed by atoms with Gasteiger partial charge in [-0.2, -0.15) is 0 Å². The topological polar surface area (TPSA) is 72.9 Å². The van der Waals surface area contributed by atoms with Crippen molar-refractivity contribution in [3.8, 4) is 0 Å². The summed E-state index contributed by atoms with van der Waals surface area (Å²) in [6.07, 6.45) is 3.28. The van der Waals surface area contributed by atoms with Crippen molar-refractivity contribution in [1.82, 2.24) is 15.1 Å². The van der Waals surface area contributed by atoms with Crippen LogP contribution in [-0.2, 0) is 4.79 Å². The lowest BCUT2D eigenvalue weighted by Crippen LogP contribution is -2.54. The second-order valence-corrected chi connectivity index (χ2v) is 7.22. The van der Waals surface area contributed by atoms with Crippen molar-refractivity contribution < 1.29 is 14.7 Å². The van der Waals surface area contributed by atoms with Crippen LogP contribution in [0.3, 0.4) is 0 Å². The number of carbonyl (C=O) groups is 2. The molecule has 2 fully saturated rings. The van der Waals surface area contributed by atoms with Gasteiger partial charge in [-0.1, -0.05) is 20.8 Å². The maximum atomic E-state index is 12.4. The zero-order valence-electron chi connectivity index (χ0n) is 13.3. The minimum Gasteiger partial charge on any atom is -0.480 e. The number of carboxylic acid groups (broad SMARTS) is 1. The molecule has 2 atom stereocenters. The number of rotatable bonds is 2. The van der Waals surface area contributed by atoms with Gasteiger partial charge in [0.2, 0.25) is 0 Å². The Kier molecular flexibility index (Phi) is 4.76. The molecular formula is C15H27N3O3. The van der Waals surface area contributed by atoms with E-state index >= 15 is 0 Å². The molecule has 2 saturated heterocycles. The van der Waals surface area contributed by atoms with Gasteiger partial charge in [0.15, 0.2) is 0 Å². The highest BCUT2D eigenvalue weighted by molar-refractivity contribution is 5.83. The van der Waals surface area contributed by atoms with Crippen molar-refractivity contribution in [2.75, 3.05) is 26.2 Å². The molecule has 0 radical (unpaired) electrons. The Hall–Kier alpha value is -1.30. The van der Waals surface area contributed by atoms with Gasteiger partial charge in [-0.3, -0.25) is 4.90 Å². The lowest BCUT2D eigenvalue weighted by Gasteiger charge is -2.31. The Bertz CT molecular complexity index is 405. The average molecular weight is 297 g/mol. The number of carboxylic acids is 1. The quantitative estimate of drug-likeness (QED) is 0.807. The van der Waals surface area contributed by atoms with E-state index in [-0.39, 0.29) is 6.03 Å². The zero-order valence-corrected chi connectivity index (χ0v) is 13.3. The number of nitrogens with one attached hydrogen (secondary N) is 1. The van der Waals surface area contributed by atoms with E-state index in [2.05, 4.69) is 10.2 Å². The Morgan fingerprint density at radius 2 is 1.86 bits per heavy atom. The van der Waals surface area contributed by atoms with Gasteiger partial charge in [0.05, 0.1) is 0 Å². The molecule has 2 aliphatic heterocycles. The minimum atomic E-state index is -0.979. The summed E-state index contributed by atoms with van der Waals surface area (Å²) in [6.45, 7) is 9.06. The van der Waals surface area contributed by atoms with Gasteiger partial charge in [0.1, 0.15) is 6.04 Å². The van der Waals surface area contributed by atoms with Crippen molar-refractivity contribution in [3.63, 3.8) is 0 Å². The van der Waals surface area contributed by atoms with Gasteiger partial charge in [-0.25, -0.2) is 9.59 Å². The first-order chi connectivity index (χ1) is 9.79. The van der Waals surface area contributed by atoms with Crippen molar-refractivity contribution in [1.29, 1.82) is 0 Å². The van der Waals surface area contributed by atoms with Gasteiger partial charge in [-0.05, 0) is 31.2 Å². The van der Waals surface area contributed by atoms with Crippen LogP contribution in [0.15, 0.2) is 0 Å². The van der Waals surface area contributed by atoms with E-state index in [4.69, 9.17) is 0 Å². The molecule has 0 aliphatic carbocycles. The second-order valence-electron chi connectivity index (χ2n) is 7.22. The first kappa shape index (κ1) is 16.1. The minimum absolute atomic E-state index is 0.244. The standard InChI is InChI=1S/C15H27N3O3/c1-15(2,3)12(13(19)20)16-14(21)18-9-5-8-17-7-4-6-11(17)10-18/h11-12H,4-10H2,1-3H3,(H,16,21)(H,19,20)/t11?,12-/m0/s1. The predicted octanol–water partition coefficient (Wildman–Crippen LogP) is 1.37. The third-order valence-corrected chi connectivity index (χ3v) is 4.47. The first-order valence-corrected chi connectivity index (χ1v) is 7.81. The van der Waals surface area contributed by atoms with E-state index in [1.807, 2.05) is 20.8 Å². The number of hydrogen-bond donors (Lipinski definition) is 2. The maximum absolute atomic E-state index is 12.4. The lowest BCUT2D eigenvalue weighted by atomic mass is 9.87. The molecule has 1 unspecified atom stereocenters. The molecule has 2 aliphatic rings. The highest BCUT2D eigenvalue weighted by atomic mass is 16.4. The summed E-state index contributed by atoms with van der Waals surface area (Å²) in [5.41, 5.74) is -0.507. The fourth-order valence-electron chi connectivity index (χ4n) is 3.25. The molecule has 0 aromatic heterocycles. The van der Waals surface area contributed by atoms with Crippen LogP contribution in [0.5, 0.6) is 0 Å². The largest absolute Gasteiger partial charge is 0.480 e. The molecule has 0 aromatic carbocycles. The highest BCUT2D eigenvalue weighted by Gasteiger charge is 2.35. The van der Waals surface area contributed by atoms with E-state index in [0.717, 1.165) is 25.9 Å². The van der Waals surface area contributed by atoms with Crippen LogP contribution in [0.2, 0.25) is 0 Å². The van der Waals surface area contributed by atoms with Crippen molar-refractivity contribution >= 4 is 12.0 Å². The van der Waals surface area contributed by atoms with Crippen LogP contribution in [0, 0.1) is 5.41 Å². The second kappa shape index (κ2) is 6.22. The summed E-state index contributed by atoms with van der Waals surface area (Å²) in [5, 5.41) is 12.0. The van der Waals surface area contributed by atoms with Crippen LogP contribution in [0.4, 0.5) is 4.79 Å². The van der Waals surface area contributed by atoms with Gasteiger partial charge in [0, 0.05) is 25.7 Å². The Morgan fingerprint density at radius 3 is 2.48 bits per heavy atom. The summed E-state index contributed by atoms with van der Waals surface area (Å²) in [4.78, 5) is 28.0. The SMILES string of the molecule is CC(C)(C)[C@@H](NC(=O)N1CCCN2CCCC2C1)C(=O)O. The fraction of sp³-hybridized carbons (Fsp3) is 0.867. The molecule has 0 aromatic rings. The third-order valence-electron chi connectivity index (χ3n) is 4.47. The van der Waals surface area contributed by atoms with Crippen LogP contribution in [-0.4, -0.2) is 65.2 Å². The summed E-state index contributed by atoms with van der Waals surface area (Å²) in [5.74, 6) is -0.979. The van der Waals surface area contributed by atoms with E-state index in [1.54, 1.807) is 4.90 Å². The number of fused-ring (bicyclic) bond motifs is 1. The molecule has 2 heterocycles. The molecule has 21 heavy (non-hydrogen) atoms. The zero-order chi connectivity index (χ0) is 15.6. The van der Waals surface area contributed by atoms with Gasteiger partial charge in [0.25, 0.3) is 0 Å². The van der Waals surface area contributed by atoms with Crippen molar-refractivity contribution in [2.45, 2.75) is 52.1 Å². The molecular weight excluding hydrogens is 270 g/mol. The number of carbonyl (C=O) groups excluding carboxylic acids is 1. The molecule has 0 saturated carbocycles. The Labute approximate surface area is 126 Å². The summed E-state index contributed by atoms with van der Waals surface area (Å²) < 4.78 is 0. The summed E-state index contributed by atoms with van der Waals surface area (Å²) in [7, 11) is 0. The van der Waals surface area contributed by atoms with E-state index < -0.39 is 17.4 Å². The molecule has 6 nitrogen and oxygen atoms in total. The maximum Gasteiger partial charge on any atom is 0.326 e. The van der Waals surface area contributed by atoms with Gasteiger partial charge < -0.3 is 15.3 Å². The van der Waals surface area contributed by atoms with Crippen molar-refractivity contribution in [3.05, 3.63) is 0 Å². The molecule has 6 heteroatoms. The molecule has 0 spiro atoms. The van der Waals surface area contributed by atoms with Crippen molar-refractivity contribution in [2.24, 2.45) is 5.41 Å². The highest BCUT2D eigenvalue weighted by Crippen LogP contribution is 2.23. The number of amides is 2. The molecule has 2 rings (SSSR count). The predicted molar refractivity (Wildman–Crippen MR) is 80.2 cm³/mol. The Morgan fingerprint density at radius 1 is 1.19 bits per heavy atom. The number of urea groups is 1. The monoisotopic (exact) mass is 297 g/mol. The van der Waals surface area contributed by atoms with E-state index in [1.165, 1.54) is 6.42 Å². The lowest BCUT2D eigenvalue weighted by molar-refractivity contribution is -0.142. The van der Waals surface area contributed by atoms with Gasteiger partial charge >= 0.3 is 12.0 Å². The number of nitrogens with zero attached hydrogens (tertiary/aromatic N) is 2. The summed E-state index contributed by atoms with van der Waals surface area (Å²) in [6, 6.07) is -0.671. The fourth-order valence-corrected chi connectivity index (χ4v) is 3.25. The van der Waals surface area contributed by atoms with Gasteiger partial charge in [-0.15, -0.1) is 0 Å². The van der Waals surface area contributed by atoms with E-state index in [9.17, 15) is 14.7 Å². The van der Waals surface area contributed by atoms with Crippen LogP contribution in [0.1, 0.15) is 40.0 Å². The normalized spacial score (nSPS) is 25.1. The van der Waals surface area contributed by atoms with Crippen LogP contribution in [0.25, 0.3) is 0 Å². The smallest absolute Gasteiger partial charge is 0.326 e. The third kappa shape index (κ3) is 3.87. The van der Waals surface area contributed by atoms with E-state index in [0.29, 0.717) is 19.1 Å². The Balaban J connectivity index is 2.00. The number of aliphatic carboxylic acids is 1.